The van der Waals surface area contributed by atoms with Crippen LogP contribution in [-0.4, -0.2) is 11.8 Å². The predicted molar refractivity (Wildman–Crippen MR) is 70.6 cm³/mol. The molecule has 0 atom stereocenters. The summed E-state index contributed by atoms with van der Waals surface area (Å²) >= 11 is 0. The summed E-state index contributed by atoms with van der Waals surface area (Å²) < 4.78 is 13.4. The largest absolute Gasteiger partial charge is 0.288 e. The molecule has 2 aromatic carbocycles. The molecular formula is C16H8FNO2. The Kier molecular flexibility index (Phi) is 2.81. The van der Waals surface area contributed by atoms with Gasteiger partial charge in [0.05, 0.1) is 16.7 Å². The first-order chi connectivity index (χ1) is 9.65. The zero-order chi connectivity index (χ0) is 14.1. The van der Waals surface area contributed by atoms with Gasteiger partial charge in [0, 0.05) is 5.56 Å². The summed E-state index contributed by atoms with van der Waals surface area (Å²) in [6.07, 6.45) is 0. The van der Waals surface area contributed by atoms with E-state index in [0.717, 1.165) is 0 Å². The Morgan fingerprint density at radius 3 is 2.45 bits per heavy atom. The van der Waals surface area contributed by atoms with Gasteiger partial charge >= 0.3 is 0 Å². The summed E-state index contributed by atoms with van der Waals surface area (Å²) in [6.45, 7) is 0. The van der Waals surface area contributed by atoms with Crippen LogP contribution in [0.5, 0.6) is 0 Å². The lowest BCUT2D eigenvalue weighted by Gasteiger charge is -1.95. The van der Waals surface area contributed by atoms with Crippen molar-refractivity contribution in [3.8, 4) is 11.8 Å². The molecule has 0 bridgehead atoms. The van der Waals surface area contributed by atoms with Crippen molar-refractivity contribution in [3.05, 3.63) is 70.5 Å². The van der Waals surface area contributed by atoms with Crippen molar-refractivity contribution in [2.75, 3.05) is 0 Å². The Morgan fingerprint density at radius 1 is 0.900 bits per heavy atom. The lowest BCUT2D eigenvalue weighted by molar-refractivity contribution is 0.0879. The molecule has 0 radical (unpaired) electrons. The third-order valence-corrected chi connectivity index (χ3v) is 2.95. The molecule has 1 aliphatic heterocycles. The molecule has 1 heterocycles. The van der Waals surface area contributed by atoms with E-state index >= 15 is 0 Å². The molecule has 20 heavy (non-hydrogen) atoms. The number of carbonyl (C=O) groups is 2. The zero-order valence-corrected chi connectivity index (χ0v) is 10.2. The minimum atomic E-state index is -0.431. The zero-order valence-electron chi connectivity index (χ0n) is 10.2. The number of fused-ring (bicyclic) bond motifs is 1. The van der Waals surface area contributed by atoms with Crippen molar-refractivity contribution in [1.82, 2.24) is 5.32 Å². The second kappa shape index (κ2) is 4.63. The molecular weight excluding hydrogens is 257 g/mol. The quantitative estimate of drug-likeness (QED) is 0.585. The summed E-state index contributed by atoms with van der Waals surface area (Å²) in [5, 5.41) is 2.21. The Bertz CT molecular complexity index is 800. The van der Waals surface area contributed by atoms with E-state index in [1.807, 2.05) is 0 Å². The van der Waals surface area contributed by atoms with E-state index < -0.39 is 17.6 Å². The molecule has 0 aliphatic carbocycles. The number of benzene rings is 2. The minimum absolute atomic E-state index is 0.286. The van der Waals surface area contributed by atoms with Crippen LogP contribution in [-0.2, 0) is 0 Å². The number of carbonyl (C=O) groups excluding carboxylic acids is 2. The van der Waals surface area contributed by atoms with E-state index in [1.54, 1.807) is 30.3 Å². The summed E-state index contributed by atoms with van der Waals surface area (Å²) in [4.78, 5) is 22.9. The summed E-state index contributed by atoms with van der Waals surface area (Å²) in [5.41, 5.74) is 1.48. The Balaban J connectivity index is 1.99. The molecule has 0 saturated heterocycles. The average Bonchev–Trinajstić information content (AvgIpc) is 2.73. The molecule has 3 nitrogen and oxygen atoms in total. The number of amides is 2. The van der Waals surface area contributed by atoms with Crippen LogP contribution in [0.4, 0.5) is 4.39 Å². The molecule has 2 amide bonds. The van der Waals surface area contributed by atoms with Gasteiger partial charge in [0.25, 0.3) is 11.8 Å². The molecule has 0 saturated carbocycles. The Hall–Kier alpha value is -2.93. The Morgan fingerprint density at radius 2 is 1.65 bits per heavy atom. The number of hydrogen-bond acceptors (Lipinski definition) is 2. The first-order valence-electron chi connectivity index (χ1n) is 5.91. The van der Waals surface area contributed by atoms with Gasteiger partial charge in [0.1, 0.15) is 5.82 Å². The number of imide groups is 1. The van der Waals surface area contributed by atoms with Crippen molar-refractivity contribution in [3.63, 3.8) is 0 Å². The van der Waals surface area contributed by atoms with E-state index in [9.17, 15) is 14.0 Å². The van der Waals surface area contributed by atoms with Gasteiger partial charge in [-0.15, -0.1) is 0 Å². The molecule has 96 valence electrons. The average molecular weight is 265 g/mol. The monoisotopic (exact) mass is 265 g/mol. The highest BCUT2D eigenvalue weighted by atomic mass is 19.1. The topological polar surface area (TPSA) is 46.2 Å². The molecule has 3 rings (SSSR count). The number of nitrogens with one attached hydrogen (secondary N) is 1. The highest BCUT2D eigenvalue weighted by Gasteiger charge is 2.26. The Labute approximate surface area is 114 Å². The summed E-state index contributed by atoms with van der Waals surface area (Å²) in [7, 11) is 0. The fourth-order valence-corrected chi connectivity index (χ4v) is 1.95. The van der Waals surface area contributed by atoms with Gasteiger partial charge in [-0.1, -0.05) is 24.0 Å². The fraction of sp³-hybridized carbons (Fsp3) is 0. The maximum atomic E-state index is 13.4. The van der Waals surface area contributed by atoms with Crippen LogP contribution in [0.1, 0.15) is 31.8 Å². The molecule has 0 unspecified atom stereocenters. The standard InChI is InChI=1S/C16H8FNO2/c17-14-4-2-1-3-11(14)7-5-10-6-8-12-13(9-10)16(20)18-15(12)19/h1-4,6,8-9H,(H,18,19,20). The molecule has 2 aromatic rings. The van der Waals surface area contributed by atoms with Crippen LogP contribution in [0, 0.1) is 17.7 Å². The van der Waals surface area contributed by atoms with E-state index in [1.165, 1.54) is 12.1 Å². The van der Waals surface area contributed by atoms with E-state index in [-0.39, 0.29) is 5.56 Å². The maximum Gasteiger partial charge on any atom is 0.258 e. The van der Waals surface area contributed by atoms with Crippen molar-refractivity contribution in [2.24, 2.45) is 0 Å². The first kappa shape index (κ1) is 12.1. The highest BCUT2D eigenvalue weighted by Crippen LogP contribution is 2.17. The van der Waals surface area contributed by atoms with Crippen LogP contribution in [0.3, 0.4) is 0 Å². The predicted octanol–water partition coefficient (Wildman–Crippen LogP) is 2.11. The highest BCUT2D eigenvalue weighted by molar-refractivity contribution is 6.21. The van der Waals surface area contributed by atoms with Crippen molar-refractivity contribution in [2.45, 2.75) is 0 Å². The second-order valence-corrected chi connectivity index (χ2v) is 4.27. The molecule has 1 N–H and O–H groups in total. The minimum Gasteiger partial charge on any atom is -0.288 e. The molecule has 1 aliphatic rings. The van der Waals surface area contributed by atoms with Crippen molar-refractivity contribution in [1.29, 1.82) is 0 Å². The van der Waals surface area contributed by atoms with Crippen LogP contribution in [0.15, 0.2) is 42.5 Å². The fourth-order valence-electron chi connectivity index (χ4n) is 1.95. The van der Waals surface area contributed by atoms with E-state index in [2.05, 4.69) is 17.2 Å². The van der Waals surface area contributed by atoms with Crippen LogP contribution in [0.2, 0.25) is 0 Å². The second-order valence-electron chi connectivity index (χ2n) is 4.27. The van der Waals surface area contributed by atoms with Gasteiger partial charge in [-0.25, -0.2) is 4.39 Å². The smallest absolute Gasteiger partial charge is 0.258 e. The third-order valence-electron chi connectivity index (χ3n) is 2.95. The number of halogens is 1. The van der Waals surface area contributed by atoms with E-state index in [0.29, 0.717) is 16.7 Å². The van der Waals surface area contributed by atoms with Crippen molar-refractivity contribution < 1.29 is 14.0 Å². The van der Waals surface area contributed by atoms with E-state index in [4.69, 9.17) is 0 Å². The van der Waals surface area contributed by atoms with Gasteiger partial charge < -0.3 is 0 Å². The van der Waals surface area contributed by atoms with Gasteiger partial charge in [0.15, 0.2) is 0 Å². The molecule has 0 spiro atoms. The van der Waals surface area contributed by atoms with Crippen LogP contribution < -0.4 is 5.32 Å². The number of hydrogen-bond donors (Lipinski definition) is 1. The van der Waals surface area contributed by atoms with Gasteiger partial charge in [-0.3, -0.25) is 14.9 Å². The van der Waals surface area contributed by atoms with Gasteiger partial charge in [0.2, 0.25) is 0 Å². The number of rotatable bonds is 0. The maximum absolute atomic E-state index is 13.4. The lowest BCUT2D eigenvalue weighted by atomic mass is 10.1. The third kappa shape index (κ3) is 2.06. The summed E-state index contributed by atoms with van der Waals surface area (Å²) in [5.74, 6) is 4.26. The SMILES string of the molecule is O=C1NC(=O)c2cc(C#Cc3ccccc3F)ccc21. The van der Waals surface area contributed by atoms with Crippen LogP contribution in [0.25, 0.3) is 0 Å². The van der Waals surface area contributed by atoms with Gasteiger partial charge in [-0.2, -0.15) is 0 Å². The molecule has 4 heteroatoms. The lowest BCUT2D eigenvalue weighted by Crippen LogP contribution is -2.19. The van der Waals surface area contributed by atoms with Crippen molar-refractivity contribution >= 4 is 11.8 Å². The van der Waals surface area contributed by atoms with Gasteiger partial charge in [-0.05, 0) is 30.3 Å². The normalized spacial score (nSPS) is 12.4. The molecule has 0 fully saturated rings. The van der Waals surface area contributed by atoms with Crippen LogP contribution >= 0.6 is 0 Å². The first-order valence-corrected chi connectivity index (χ1v) is 5.91. The molecule has 0 aromatic heterocycles. The summed E-state index contributed by atoms with van der Waals surface area (Å²) in [6, 6.07) is 10.9.